The first-order valence-electron chi connectivity index (χ1n) is 12.3. The maximum absolute atomic E-state index is 12.9. The Morgan fingerprint density at radius 3 is 2.55 bits per heavy atom. The van der Waals surface area contributed by atoms with Crippen molar-refractivity contribution >= 4 is 58.9 Å². The van der Waals surface area contributed by atoms with Crippen LogP contribution < -0.4 is 15.5 Å². The van der Waals surface area contributed by atoms with Crippen molar-refractivity contribution in [3.8, 4) is 0 Å². The predicted molar refractivity (Wildman–Crippen MR) is 151 cm³/mol. The molecule has 38 heavy (non-hydrogen) atoms. The van der Waals surface area contributed by atoms with Crippen LogP contribution in [-0.2, 0) is 13.6 Å². The summed E-state index contributed by atoms with van der Waals surface area (Å²) in [5.41, 5.74) is 1.46. The van der Waals surface area contributed by atoms with Gasteiger partial charge in [0.1, 0.15) is 29.1 Å². The van der Waals surface area contributed by atoms with Gasteiger partial charge in [-0.15, -0.1) is 0 Å². The molecule has 1 aliphatic heterocycles. The molecule has 204 valence electrons. The molecule has 0 aliphatic carbocycles. The molecule has 3 aromatic rings. The zero-order chi connectivity index (χ0) is 27.1. The number of aromatic nitrogens is 3. The molecule has 3 heterocycles. The van der Waals surface area contributed by atoms with E-state index >= 15 is 0 Å². The fraction of sp³-hybridized carbons (Fsp3) is 0.417. The SMILES string of the molecule is CCOP(=O)(CN1CCN(c2cc(Nc3ncc(C(=O)Nc4c(C)cccc4Cl)s3)ncn2)CC1)OCC. The van der Waals surface area contributed by atoms with Crippen molar-refractivity contribution in [2.75, 3.05) is 61.2 Å². The summed E-state index contributed by atoms with van der Waals surface area (Å²) in [4.78, 5) is 30.4. The van der Waals surface area contributed by atoms with Crippen LogP contribution in [0.3, 0.4) is 0 Å². The van der Waals surface area contributed by atoms with Crippen LogP contribution in [0.5, 0.6) is 0 Å². The summed E-state index contributed by atoms with van der Waals surface area (Å²) < 4.78 is 23.7. The van der Waals surface area contributed by atoms with E-state index in [0.717, 1.165) is 11.4 Å². The number of carbonyl (C=O) groups excluding carboxylic acids is 1. The fourth-order valence-electron chi connectivity index (χ4n) is 3.98. The van der Waals surface area contributed by atoms with E-state index < -0.39 is 7.60 Å². The lowest BCUT2D eigenvalue weighted by Crippen LogP contribution is -2.47. The fourth-order valence-corrected chi connectivity index (χ4v) is 6.76. The number of hydrogen-bond acceptors (Lipinski definition) is 11. The first-order valence-corrected chi connectivity index (χ1v) is 15.2. The van der Waals surface area contributed by atoms with Gasteiger partial charge >= 0.3 is 7.60 Å². The largest absolute Gasteiger partial charge is 0.354 e. The topological polar surface area (TPSA) is 122 Å². The van der Waals surface area contributed by atoms with Gasteiger partial charge < -0.3 is 24.6 Å². The Bertz CT molecular complexity index is 1270. The van der Waals surface area contributed by atoms with Gasteiger partial charge in [-0.1, -0.05) is 35.1 Å². The molecule has 1 fully saturated rings. The average Bonchev–Trinajstić information content (AvgIpc) is 3.36. The van der Waals surface area contributed by atoms with Gasteiger partial charge in [0.15, 0.2) is 5.13 Å². The van der Waals surface area contributed by atoms with Crippen LogP contribution in [0.1, 0.15) is 29.1 Å². The van der Waals surface area contributed by atoms with Crippen LogP contribution in [-0.4, -0.2) is 71.4 Å². The highest BCUT2D eigenvalue weighted by atomic mass is 35.5. The van der Waals surface area contributed by atoms with Crippen molar-refractivity contribution in [1.82, 2.24) is 19.9 Å². The Morgan fingerprint density at radius 2 is 1.87 bits per heavy atom. The number of rotatable bonds is 11. The van der Waals surface area contributed by atoms with Gasteiger partial charge in [0.25, 0.3) is 5.91 Å². The third kappa shape index (κ3) is 7.28. The number of piperazine rings is 1. The van der Waals surface area contributed by atoms with E-state index in [0.29, 0.717) is 65.9 Å². The Hall–Kier alpha value is -2.60. The molecule has 0 atom stereocenters. The number of aryl methyl sites for hydroxylation is 1. The second-order valence-electron chi connectivity index (χ2n) is 8.49. The molecule has 1 amide bonds. The Balaban J connectivity index is 1.34. The number of nitrogens with one attached hydrogen (secondary N) is 2. The summed E-state index contributed by atoms with van der Waals surface area (Å²) in [6.45, 7) is 9.02. The Labute approximate surface area is 231 Å². The monoisotopic (exact) mass is 579 g/mol. The average molecular weight is 580 g/mol. The highest BCUT2D eigenvalue weighted by Crippen LogP contribution is 2.48. The van der Waals surface area contributed by atoms with Crippen LogP contribution in [0.25, 0.3) is 0 Å². The minimum atomic E-state index is -3.13. The maximum atomic E-state index is 12.9. The molecule has 4 rings (SSSR count). The van der Waals surface area contributed by atoms with Gasteiger partial charge in [-0.2, -0.15) is 0 Å². The van der Waals surface area contributed by atoms with Crippen LogP contribution >= 0.6 is 30.5 Å². The highest BCUT2D eigenvalue weighted by Gasteiger charge is 2.29. The molecule has 0 saturated carbocycles. The van der Waals surface area contributed by atoms with Crippen molar-refractivity contribution in [2.24, 2.45) is 0 Å². The van der Waals surface area contributed by atoms with Crippen molar-refractivity contribution in [1.29, 1.82) is 0 Å². The zero-order valence-electron chi connectivity index (χ0n) is 21.5. The van der Waals surface area contributed by atoms with Crippen molar-refractivity contribution < 1.29 is 18.4 Å². The Morgan fingerprint density at radius 1 is 1.13 bits per heavy atom. The predicted octanol–water partition coefficient (Wildman–Crippen LogP) is 5.24. The molecule has 1 saturated heterocycles. The van der Waals surface area contributed by atoms with Crippen LogP contribution in [0.2, 0.25) is 5.02 Å². The number of carbonyl (C=O) groups is 1. The first-order chi connectivity index (χ1) is 18.3. The molecule has 1 aromatic carbocycles. The maximum Gasteiger partial charge on any atom is 0.344 e. The minimum Gasteiger partial charge on any atom is -0.354 e. The van der Waals surface area contributed by atoms with Crippen LogP contribution in [0, 0.1) is 6.92 Å². The van der Waals surface area contributed by atoms with E-state index in [9.17, 15) is 9.36 Å². The van der Waals surface area contributed by atoms with E-state index in [1.165, 1.54) is 23.9 Å². The molecule has 2 N–H and O–H groups in total. The number of thiazole rings is 1. The van der Waals surface area contributed by atoms with Gasteiger partial charge in [0.2, 0.25) is 0 Å². The number of benzene rings is 1. The third-order valence-corrected chi connectivity index (χ3v) is 9.07. The number of amides is 1. The molecule has 0 unspecified atom stereocenters. The summed E-state index contributed by atoms with van der Waals surface area (Å²) in [5, 5.41) is 7.02. The lowest BCUT2D eigenvalue weighted by molar-refractivity contribution is 0.103. The van der Waals surface area contributed by atoms with Crippen molar-refractivity contribution in [3.63, 3.8) is 0 Å². The van der Waals surface area contributed by atoms with Gasteiger partial charge in [0, 0.05) is 32.2 Å². The highest BCUT2D eigenvalue weighted by molar-refractivity contribution is 7.53. The van der Waals surface area contributed by atoms with E-state index in [-0.39, 0.29) is 12.2 Å². The summed E-state index contributed by atoms with van der Waals surface area (Å²) >= 11 is 7.44. The molecule has 0 radical (unpaired) electrons. The lowest BCUT2D eigenvalue weighted by atomic mass is 10.2. The van der Waals surface area contributed by atoms with Crippen LogP contribution in [0.15, 0.2) is 36.8 Å². The van der Waals surface area contributed by atoms with E-state index in [4.69, 9.17) is 20.6 Å². The molecule has 1 aliphatic rings. The van der Waals surface area contributed by atoms with Gasteiger partial charge in [-0.05, 0) is 32.4 Å². The quantitative estimate of drug-likeness (QED) is 0.292. The van der Waals surface area contributed by atoms with Crippen molar-refractivity contribution in [2.45, 2.75) is 20.8 Å². The van der Waals surface area contributed by atoms with E-state index in [1.54, 1.807) is 6.07 Å². The van der Waals surface area contributed by atoms with Gasteiger partial charge in [-0.3, -0.25) is 14.3 Å². The minimum absolute atomic E-state index is 0.273. The summed E-state index contributed by atoms with van der Waals surface area (Å²) in [5.74, 6) is 1.05. The summed E-state index contributed by atoms with van der Waals surface area (Å²) in [6, 6.07) is 7.29. The van der Waals surface area contributed by atoms with E-state index in [2.05, 4.69) is 35.4 Å². The molecule has 14 heteroatoms. The van der Waals surface area contributed by atoms with Gasteiger partial charge in [0.05, 0.1) is 30.1 Å². The van der Waals surface area contributed by atoms with Crippen molar-refractivity contribution in [3.05, 3.63) is 52.3 Å². The number of nitrogens with zero attached hydrogens (tertiary/aromatic N) is 5. The smallest absolute Gasteiger partial charge is 0.344 e. The van der Waals surface area contributed by atoms with Crippen LogP contribution in [0.4, 0.5) is 22.5 Å². The van der Waals surface area contributed by atoms with Gasteiger partial charge in [-0.25, -0.2) is 15.0 Å². The first kappa shape index (κ1) is 28.4. The normalized spacial score (nSPS) is 14.5. The molecule has 2 aromatic heterocycles. The second kappa shape index (κ2) is 13.0. The number of hydrogen-bond donors (Lipinski definition) is 2. The molecular weight excluding hydrogens is 549 g/mol. The summed E-state index contributed by atoms with van der Waals surface area (Å²) in [7, 11) is -3.13. The Kier molecular flexibility index (Phi) is 9.69. The second-order valence-corrected chi connectivity index (χ2v) is 12.0. The summed E-state index contributed by atoms with van der Waals surface area (Å²) in [6.07, 6.45) is 3.28. The molecule has 0 spiro atoms. The standard InChI is InChI=1S/C24H31ClN7O4PS/c1-4-35-37(34,36-5-2)16-31-9-11-32(12-10-31)21-13-20(27-15-28-21)29-24-26-14-19(38-24)23(33)30-22-17(3)7-6-8-18(22)25/h6-8,13-15H,4-5,9-12,16H2,1-3H3,(H,30,33)(H,26,27,28,29). The van der Waals surface area contributed by atoms with E-state index in [1.807, 2.05) is 39.0 Å². The molecule has 0 bridgehead atoms. The molecular formula is C24H31ClN7O4PS. The number of halogens is 1. The zero-order valence-corrected chi connectivity index (χ0v) is 24.0. The number of para-hydroxylation sites is 1. The third-order valence-electron chi connectivity index (χ3n) is 5.80. The number of anilines is 4. The lowest BCUT2D eigenvalue weighted by Gasteiger charge is -2.36. The molecule has 11 nitrogen and oxygen atoms in total.